The van der Waals surface area contributed by atoms with Gasteiger partial charge in [-0.25, -0.2) is 0 Å². The number of carbonyl (C=O) groups excluding carboxylic acids is 1. The van der Waals surface area contributed by atoms with Crippen LogP contribution in [0.25, 0.3) is 0 Å². The maximum atomic E-state index is 12.9. The fourth-order valence-electron chi connectivity index (χ4n) is 3.27. The Morgan fingerprint density at radius 2 is 1.85 bits per heavy atom. The minimum absolute atomic E-state index is 0.132. The van der Waals surface area contributed by atoms with E-state index in [1.807, 2.05) is 6.07 Å². The van der Waals surface area contributed by atoms with Gasteiger partial charge in [0.1, 0.15) is 0 Å². The van der Waals surface area contributed by atoms with E-state index < -0.39 is 5.41 Å². The molecule has 0 radical (unpaired) electrons. The van der Waals surface area contributed by atoms with E-state index in [0.717, 1.165) is 37.2 Å². The Balaban J connectivity index is 2.15. The third-order valence-electron chi connectivity index (χ3n) is 4.26. The topological polar surface area (TPSA) is 32.3 Å². The predicted octanol–water partition coefficient (Wildman–Crippen LogP) is 3.20. The molecule has 0 unspecified atom stereocenters. The van der Waals surface area contributed by atoms with E-state index in [-0.39, 0.29) is 5.91 Å². The molecule has 1 amide bonds. The summed E-state index contributed by atoms with van der Waals surface area (Å²) < 4.78 is 0. The number of rotatable bonds is 2. The number of hydrogen-bond acceptors (Lipinski definition) is 2. The summed E-state index contributed by atoms with van der Waals surface area (Å²) in [4.78, 5) is 14.7. The van der Waals surface area contributed by atoms with Gasteiger partial charge in [0.25, 0.3) is 0 Å². The zero-order valence-corrected chi connectivity index (χ0v) is 13.2. The molecule has 1 aromatic carbocycles. The predicted molar refractivity (Wildman–Crippen MR) is 83.3 cm³/mol. The molecule has 1 spiro atoms. The third-order valence-corrected chi connectivity index (χ3v) is 5.16. The number of nitrogens with one attached hydrogen (secondary N) is 1. The molecule has 2 aliphatic rings. The second-order valence-electron chi connectivity index (χ2n) is 5.26. The third kappa shape index (κ3) is 2.03. The van der Waals surface area contributed by atoms with Crippen molar-refractivity contribution in [1.29, 1.82) is 0 Å². The van der Waals surface area contributed by atoms with Crippen LogP contribution in [0, 0.1) is 0 Å². The van der Waals surface area contributed by atoms with Crippen LogP contribution >= 0.6 is 34.8 Å². The van der Waals surface area contributed by atoms with Crippen molar-refractivity contribution in [2.75, 3.05) is 30.4 Å². The number of piperidine rings is 1. The van der Waals surface area contributed by atoms with Crippen molar-refractivity contribution in [3.05, 3.63) is 27.7 Å². The summed E-state index contributed by atoms with van der Waals surface area (Å²) in [5, 5.41) is 4.28. The van der Waals surface area contributed by atoms with Gasteiger partial charge in [-0.2, -0.15) is 0 Å². The average molecular weight is 334 g/mol. The van der Waals surface area contributed by atoms with E-state index in [9.17, 15) is 4.79 Å². The number of carbonyl (C=O) groups is 1. The van der Waals surface area contributed by atoms with Crippen molar-refractivity contribution in [3.63, 3.8) is 0 Å². The van der Waals surface area contributed by atoms with Crippen molar-refractivity contribution in [3.8, 4) is 0 Å². The maximum absolute atomic E-state index is 12.9. The van der Waals surface area contributed by atoms with Gasteiger partial charge in [0.2, 0.25) is 5.91 Å². The first-order valence-corrected chi connectivity index (χ1v) is 7.97. The molecule has 2 aliphatic heterocycles. The first kappa shape index (κ1) is 14.5. The smallest absolute Gasteiger partial charge is 0.237 e. The lowest BCUT2D eigenvalue weighted by Crippen LogP contribution is -2.47. The van der Waals surface area contributed by atoms with Crippen LogP contribution in [-0.4, -0.2) is 31.4 Å². The zero-order valence-electron chi connectivity index (χ0n) is 10.9. The second-order valence-corrected chi connectivity index (χ2v) is 6.45. The molecular formula is C14H15Cl3N2O. The molecule has 1 fully saturated rings. The first-order chi connectivity index (χ1) is 9.60. The summed E-state index contributed by atoms with van der Waals surface area (Å²) >= 11 is 18.1. The molecule has 1 N–H and O–H groups in total. The van der Waals surface area contributed by atoms with Crippen LogP contribution in [-0.2, 0) is 10.2 Å². The van der Waals surface area contributed by atoms with Crippen LogP contribution in [0.2, 0.25) is 10.0 Å². The van der Waals surface area contributed by atoms with Crippen LogP contribution in [0.5, 0.6) is 0 Å². The summed E-state index contributed by atoms with van der Waals surface area (Å²) in [6.45, 7) is 2.17. The highest BCUT2D eigenvalue weighted by atomic mass is 35.5. The highest BCUT2D eigenvalue weighted by Gasteiger charge is 2.51. The molecular weight excluding hydrogens is 319 g/mol. The summed E-state index contributed by atoms with van der Waals surface area (Å²) in [5.74, 6) is 0.535. The Labute approximate surface area is 133 Å². The average Bonchev–Trinajstić information content (AvgIpc) is 2.65. The number of hydrogen-bond donors (Lipinski definition) is 1. The zero-order chi connectivity index (χ0) is 14.3. The van der Waals surface area contributed by atoms with Crippen LogP contribution in [0.3, 0.4) is 0 Å². The molecule has 1 saturated heterocycles. The molecule has 3 nitrogen and oxygen atoms in total. The Kier molecular flexibility index (Phi) is 3.89. The van der Waals surface area contributed by atoms with Crippen LogP contribution in [0.15, 0.2) is 12.1 Å². The van der Waals surface area contributed by atoms with Gasteiger partial charge in [0.15, 0.2) is 0 Å². The quantitative estimate of drug-likeness (QED) is 0.843. The van der Waals surface area contributed by atoms with E-state index in [0.29, 0.717) is 22.5 Å². The molecule has 2 heterocycles. The number of fused-ring (bicyclic) bond motifs is 2. The van der Waals surface area contributed by atoms with Crippen molar-refractivity contribution in [1.82, 2.24) is 5.32 Å². The Morgan fingerprint density at radius 1 is 1.20 bits per heavy atom. The number of amides is 1. The number of halogens is 3. The van der Waals surface area contributed by atoms with Gasteiger partial charge in [-0.3, -0.25) is 4.79 Å². The highest BCUT2D eigenvalue weighted by Crippen LogP contribution is 2.49. The fourth-order valence-corrected chi connectivity index (χ4v) is 3.76. The van der Waals surface area contributed by atoms with Gasteiger partial charge in [0, 0.05) is 18.1 Å². The number of benzene rings is 1. The van der Waals surface area contributed by atoms with E-state index in [1.54, 1.807) is 11.0 Å². The molecule has 0 saturated carbocycles. The Morgan fingerprint density at radius 3 is 2.50 bits per heavy atom. The normalized spacial score (nSPS) is 20.6. The minimum Gasteiger partial charge on any atom is -0.317 e. The summed E-state index contributed by atoms with van der Waals surface area (Å²) in [5.41, 5.74) is 1.41. The molecule has 6 heteroatoms. The molecule has 0 atom stereocenters. The lowest BCUT2D eigenvalue weighted by atomic mass is 9.74. The van der Waals surface area contributed by atoms with Gasteiger partial charge in [-0.1, -0.05) is 23.2 Å². The number of alkyl halides is 1. The lowest BCUT2D eigenvalue weighted by molar-refractivity contribution is -0.124. The second kappa shape index (κ2) is 5.38. The van der Waals surface area contributed by atoms with Crippen LogP contribution in [0.1, 0.15) is 18.4 Å². The van der Waals surface area contributed by atoms with Gasteiger partial charge in [-0.15, -0.1) is 11.6 Å². The summed E-state index contributed by atoms with van der Waals surface area (Å²) in [7, 11) is 0. The van der Waals surface area contributed by atoms with E-state index in [1.165, 1.54) is 0 Å². The van der Waals surface area contributed by atoms with Crippen LogP contribution in [0.4, 0.5) is 5.69 Å². The van der Waals surface area contributed by atoms with Crippen LogP contribution < -0.4 is 10.2 Å². The highest BCUT2D eigenvalue weighted by molar-refractivity contribution is 6.42. The minimum atomic E-state index is -0.457. The van der Waals surface area contributed by atoms with Gasteiger partial charge in [0.05, 0.1) is 15.5 Å². The van der Waals surface area contributed by atoms with Gasteiger partial charge < -0.3 is 10.2 Å². The molecule has 3 rings (SSSR count). The molecule has 20 heavy (non-hydrogen) atoms. The standard InChI is InChI=1S/C14H15Cl3N2O/c15-3-6-19-12-8-11(17)10(16)7-9(12)14(13(19)20)1-4-18-5-2-14/h7-8,18H,1-6H2. The monoisotopic (exact) mass is 332 g/mol. The van der Waals surface area contributed by atoms with E-state index in [4.69, 9.17) is 34.8 Å². The van der Waals surface area contributed by atoms with Crippen molar-refractivity contribution >= 4 is 46.4 Å². The van der Waals surface area contributed by atoms with Crippen molar-refractivity contribution in [2.24, 2.45) is 0 Å². The Bertz CT molecular complexity index is 556. The molecule has 0 aliphatic carbocycles. The molecule has 0 aromatic heterocycles. The number of anilines is 1. The maximum Gasteiger partial charge on any atom is 0.237 e. The van der Waals surface area contributed by atoms with Gasteiger partial charge >= 0.3 is 0 Å². The fraction of sp³-hybridized carbons (Fsp3) is 0.500. The molecule has 1 aromatic rings. The molecule has 0 bridgehead atoms. The first-order valence-electron chi connectivity index (χ1n) is 6.68. The van der Waals surface area contributed by atoms with Crippen molar-refractivity contribution < 1.29 is 4.79 Å². The van der Waals surface area contributed by atoms with Gasteiger partial charge in [-0.05, 0) is 43.6 Å². The molecule has 108 valence electrons. The summed E-state index contributed by atoms with van der Waals surface area (Å²) in [6.07, 6.45) is 1.57. The number of nitrogens with zero attached hydrogens (tertiary/aromatic N) is 1. The van der Waals surface area contributed by atoms with E-state index >= 15 is 0 Å². The SMILES string of the molecule is O=C1N(CCCl)c2cc(Cl)c(Cl)cc2C12CCNCC2. The summed E-state index contributed by atoms with van der Waals surface area (Å²) in [6, 6.07) is 3.65. The lowest BCUT2D eigenvalue weighted by Gasteiger charge is -2.33. The Hall–Kier alpha value is -0.480. The largest absolute Gasteiger partial charge is 0.317 e. The van der Waals surface area contributed by atoms with Crippen molar-refractivity contribution in [2.45, 2.75) is 18.3 Å². The van der Waals surface area contributed by atoms with E-state index in [2.05, 4.69) is 5.32 Å².